The van der Waals surface area contributed by atoms with Gasteiger partial charge in [0, 0.05) is 11.1 Å². The topological polar surface area (TPSA) is 68.0 Å². The third kappa shape index (κ3) is 3.41. The fourth-order valence-electron chi connectivity index (χ4n) is 1.70. The van der Waals surface area contributed by atoms with Gasteiger partial charge in [-0.05, 0) is 29.2 Å². The number of rotatable bonds is 4. The number of amides is 1. The van der Waals surface area contributed by atoms with Crippen molar-refractivity contribution in [3.63, 3.8) is 0 Å². The Labute approximate surface area is 135 Å². The van der Waals surface area contributed by atoms with Crippen molar-refractivity contribution in [2.45, 2.75) is 0 Å². The predicted molar refractivity (Wildman–Crippen MR) is 86.7 cm³/mol. The van der Waals surface area contributed by atoms with Gasteiger partial charge in [-0.2, -0.15) is 0 Å². The Morgan fingerprint density at radius 3 is 2.86 bits per heavy atom. The summed E-state index contributed by atoms with van der Waals surface area (Å²) in [5.41, 5.74) is 0.754. The monoisotopic (exact) mass is 331 g/mol. The molecule has 1 aromatic carbocycles. The van der Waals surface area contributed by atoms with E-state index in [1.54, 1.807) is 12.1 Å². The summed E-state index contributed by atoms with van der Waals surface area (Å²) in [6.07, 6.45) is 2.98. The van der Waals surface area contributed by atoms with Gasteiger partial charge in [0.05, 0.1) is 4.88 Å². The number of carbonyl (C=O) groups excluding carboxylic acids is 1. The Balaban J connectivity index is 1.66. The molecule has 0 radical (unpaired) electrons. The molecular formula is C15H10ClN3O2S. The molecule has 22 heavy (non-hydrogen) atoms. The number of aromatic nitrogens is 2. The molecule has 0 fully saturated rings. The van der Waals surface area contributed by atoms with E-state index in [0.29, 0.717) is 10.9 Å². The molecule has 0 aliphatic rings. The van der Waals surface area contributed by atoms with Crippen molar-refractivity contribution >= 4 is 40.9 Å². The molecule has 110 valence electrons. The lowest BCUT2D eigenvalue weighted by Crippen LogP contribution is -2.07. The number of nitrogens with one attached hydrogen (secondary N) is 1. The minimum Gasteiger partial charge on any atom is -0.402 e. The smallest absolute Gasteiger partial charge is 0.322 e. The average Bonchev–Trinajstić information content (AvgIpc) is 3.17. The Morgan fingerprint density at radius 2 is 2.09 bits per heavy atom. The van der Waals surface area contributed by atoms with Gasteiger partial charge in [-0.15, -0.1) is 16.4 Å². The molecule has 0 bridgehead atoms. The van der Waals surface area contributed by atoms with E-state index in [1.165, 1.54) is 17.4 Å². The van der Waals surface area contributed by atoms with E-state index < -0.39 is 0 Å². The summed E-state index contributed by atoms with van der Waals surface area (Å²) in [6, 6.07) is 11.0. The zero-order valence-electron chi connectivity index (χ0n) is 11.2. The highest BCUT2D eigenvalue weighted by Gasteiger charge is 2.10. The van der Waals surface area contributed by atoms with Gasteiger partial charge in [0.2, 0.25) is 0 Å². The third-order valence-electron chi connectivity index (χ3n) is 2.71. The van der Waals surface area contributed by atoms with Gasteiger partial charge in [-0.25, -0.2) is 0 Å². The van der Waals surface area contributed by atoms with Crippen LogP contribution in [0, 0.1) is 0 Å². The lowest BCUT2D eigenvalue weighted by molar-refractivity contribution is -0.112. The van der Waals surface area contributed by atoms with Gasteiger partial charge < -0.3 is 4.42 Å². The highest BCUT2D eigenvalue weighted by Crippen LogP contribution is 2.24. The molecule has 0 unspecified atom stereocenters. The summed E-state index contributed by atoms with van der Waals surface area (Å²) in [5, 5.41) is 12.7. The lowest BCUT2D eigenvalue weighted by atomic mass is 10.2. The van der Waals surface area contributed by atoms with Crippen LogP contribution < -0.4 is 5.32 Å². The van der Waals surface area contributed by atoms with Gasteiger partial charge >= 0.3 is 6.01 Å². The maximum atomic E-state index is 11.8. The lowest BCUT2D eigenvalue weighted by Gasteiger charge is -1.97. The van der Waals surface area contributed by atoms with Gasteiger partial charge in [-0.3, -0.25) is 10.1 Å². The van der Waals surface area contributed by atoms with Crippen LogP contribution >= 0.6 is 22.9 Å². The summed E-state index contributed by atoms with van der Waals surface area (Å²) in [7, 11) is 0. The van der Waals surface area contributed by atoms with Crippen LogP contribution in [0.15, 0.2) is 52.3 Å². The molecule has 7 heteroatoms. The van der Waals surface area contributed by atoms with Crippen molar-refractivity contribution < 1.29 is 9.21 Å². The summed E-state index contributed by atoms with van der Waals surface area (Å²) in [4.78, 5) is 12.7. The largest absolute Gasteiger partial charge is 0.402 e. The van der Waals surface area contributed by atoms with Crippen molar-refractivity contribution in [1.29, 1.82) is 0 Å². The number of hydrogen-bond donors (Lipinski definition) is 1. The van der Waals surface area contributed by atoms with Crippen LogP contribution in [0.2, 0.25) is 5.02 Å². The number of hydrogen-bond acceptors (Lipinski definition) is 5. The quantitative estimate of drug-likeness (QED) is 0.731. The van der Waals surface area contributed by atoms with E-state index in [2.05, 4.69) is 15.5 Å². The Kier molecular flexibility index (Phi) is 4.32. The first-order valence-electron chi connectivity index (χ1n) is 6.33. The van der Waals surface area contributed by atoms with E-state index in [4.69, 9.17) is 16.0 Å². The molecule has 0 saturated carbocycles. The first-order chi connectivity index (χ1) is 10.7. The summed E-state index contributed by atoms with van der Waals surface area (Å²) >= 11 is 7.49. The van der Waals surface area contributed by atoms with Crippen LogP contribution in [0.3, 0.4) is 0 Å². The first-order valence-corrected chi connectivity index (χ1v) is 7.59. The molecule has 0 aliphatic carbocycles. The van der Waals surface area contributed by atoms with Crippen LogP contribution in [-0.2, 0) is 4.79 Å². The van der Waals surface area contributed by atoms with Crippen LogP contribution in [0.4, 0.5) is 6.01 Å². The van der Waals surface area contributed by atoms with E-state index in [9.17, 15) is 4.79 Å². The SMILES string of the molecule is O=C(/C=C/c1ccccc1Cl)Nc1nnc(-c2cccs2)o1. The van der Waals surface area contributed by atoms with E-state index in [-0.39, 0.29) is 11.9 Å². The molecule has 0 atom stereocenters. The molecule has 3 rings (SSSR count). The van der Waals surface area contributed by atoms with Crippen LogP contribution in [0.25, 0.3) is 16.8 Å². The van der Waals surface area contributed by atoms with E-state index in [0.717, 1.165) is 10.4 Å². The summed E-state index contributed by atoms with van der Waals surface area (Å²) < 4.78 is 5.37. The zero-order valence-corrected chi connectivity index (χ0v) is 12.8. The number of halogens is 1. The second-order valence-electron chi connectivity index (χ2n) is 4.23. The second-order valence-corrected chi connectivity index (χ2v) is 5.59. The van der Waals surface area contributed by atoms with E-state index >= 15 is 0 Å². The molecule has 2 aromatic heterocycles. The number of nitrogens with zero attached hydrogens (tertiary/aromatic N) is 2. The first kappa shape index (κ1) is 14.5. The number of thiophene rings is 1. The normalized spacial score (nSPS) is 11.0. The van der Waals surface area contributed by atoms with Crippen molar-refractivity contribution in [2.24, 2.45) is 0 Å². The minimum atomic E-state index is -0.374. The summed E-state index contributed by atoms with van der Waals surface area (Å²) in [5.74, 6) is 0.00156. The maximum Gasteiger partial charge on any atom is 0.322 e. The van der Waals surface area contributed by atoms with Crippen molar-refractivity contribution in [3.05, 3.63) is 58.4 Å². The molecule has 0 aliphatic heterocycles. The van der Waals surface area contributed by atoms with Crippen molar-refractivity contribution in [2.75, 3.05) is 5.32 Å². The molecule has 1 N–H and O–H groups in total. The molecular weight excluding hydrogens is 322 g/mol. The van der Waals surface area contributed by atoms with Gasteiger partial charge in [0.25, 0.3) is 11.8 Å². The van der Waals surface area contributed by atoms with Gasteiger partial charge in [-0.1, -0.05) is 41.0 Å². The Hall–Kier alpha value is -2.44. The average molecular weight is 332 g/mol. The van der Waals surface area contributed by atoms with Crippen molar-refractivity contribution in [3.8, 4) is 10.8 Å². The standard InChI is InChI=1S/C15H10ClN3O2S/c16-11-5-2-1-4-10(11)7-8-13(20)17-15-19-18-14(21-15)12-6-3-9-22-12/h1-9H,(H,17,19,20)/b8-7+. The predicted octanol–water partition coefficient (Wildman–Crippen LogP) is 4.10. The van der Waals surface area contributed by atoms with Crippen molar-refractivity contribution in [1.82, 2.24) is 10.2 Å². The molecule has 2 heterocycles. The zero-order chi connectivity index (χ0) is 15.4. The Morgan fingerprint density at radius 1 is 1.23 bits per heavy atom. The minimum absolute atomic E-state index is 0.0530. The number of anilines is 1. The molecule has 3 aromatic rings. The third-order valence-corrected chi connectivity index (χ3v) is 3.91. The van der Waals surface area contributed by atoms with Crippen LogP contribution in [0.1, 0.15) is 5.56 Å². The molecule has 0 spiro atoms. The second kappa shape index (κ2) is 6.55. The molecule has 5 nitrogen and oxygen atoms in total. The van der Waals surface area contributed by atoms with Crippen LogP contribution in [0.5, 0.6) is 0 Å². The highest BCUT2D eigenvalue weighted by molar-refractivity contribution is 7.13. The van der Waals surface area contributed by atoms with E-state index in [1.807, 2.05) is 35.7 Å². The molecule has 0 saturated heterocycles. The fourth-order valence-corrected chi connectivity index (χ4v) is 2.54. The fraction of sp³-hybridized carbons (Fsp3) is 0. The van der Waals surface area contributed by atoms with Gasteiger partial charge in [0.15, 0.2) is 0 Å². The van der Waals surface area contributed by atoms with Gasteiger partial charge in [0.1, 0.15) is 0 Å². The Bertz CT molecular complexity index is 812. The molecule has 1 amide bonds. The highest BCUT2D eigenvalue weighted by atomic mass is 35.5. The number of benzene rings is 1. The summed E-state index contributed by atoms with van der Waals surface area (Å²) in [6.45, 7) is 0. The van der Waals surface area contributed by atoms with Crippen LogP contribution in [-0.4, -0.2) is 16.1 Å². The number of carbonyl (C=O) groups is 1. The maximum absolute atomic E-state index is 11.8.